The highest BCUT2D eigenvalue weighted by atomic mass is 32.2. The van der Waals surface area contributed by atoms with Crippen molar-refractivity contribution < 1.29 is 14.1 Å². The standard InChI is InChI=1S/C23H41N3O3S/c1-16-13-21(26-14-18(3)29-19(4)15-26)17(2)12-20(16)25-22(27)10-8-9-11-24-30(28)23(5,6)7/h13,18-20,24H,8-12,14-15H2,1-7H3,(H,25,27). The Kier molecular flexibility index (Phi) is 9.28. The highest BCUT2D eigenvalue weighted by molar-refractivity contribution is 7.90. The largest absolute Gasteiger partial charge is 0.598 e. The van der Waals surface area contributed by atoms with Gasteiger partial charge in [0.25, 0.3) is 0 Å². The van der Waals surface area contributed by atoms with Crippen LogP contribution in [0.4, 0.5) is 0 Å². The first kappa shape index (κ1) is 25.2. The van der Waals surface area contributed by atoms with E-state index < -0.39 is 11.4 Å². The quantitative estimate of drug-likeness (QED) is 0.448. The third-order valence-corrected chi connectivity index (χ3v) is 7.16. The molecule has 1 fully saturated rings. The van der Waals surface area contributed by atoms with Gasteiger partial charge in [-0.2, -0.15) is 0 Å². The van der Waals surface area contributed by atoms with Crippen molar-refractivity contribution in [3.8, 4) is 0 Å². The molecule has 0 spiro atoms. The Bertz CT molecular complexity index is 647. The van der Waals surface area contributed by atoms with Gasteiger partial charge in [0.05, 0.1) is 18.2 Å². The Labute approximate surface area is 186 Å². The van der Waals surface area contributed by atoms with E-state index in [1.165, 1.54) is 16.8 Å². The first-order valence-corrected chi connectivity index (χ1v) is 12.4. The van der Waals surface area contributed by atoms with Crippen LogP contribution in [0.25, 0.3) is 0 Å². The summed E-state index contributed by atoms with van der Waals surface area (Å²) in [4.78, 5) is 14.8. The normalized spacial score (nSPS) is 26.5. The molecule has 0 bridgehead atoms. The fourth-order valence-corrected chi connectivity index (χ4v) is 4.73. The molecule has 0 aromatic heterocycles. The van der Waals surface area contributed by atoms with E-state index in [1.54, 1.807) is 0 Å². The number of nitrogens with zero attached hydrogens (tertiary/aromatic N) is 1. The number of allylic oxidation sites excluding steroid dienone is 1. The second-order valence-electron chi connectivity index (χ2n) is 9.77. The topological polar surface area (TPSA) is 76.7 Å². The number of ether oxygens (including phenoxy) is 1. The molecule has 1 amide bonds. The third kappa shape index (κ3) is 7.59. The Hall–Kier alpha value is -1.02. The van der Waals surface area contributed by atoms with Gasteiger partial charge in [-0.1, -0.05) is 0 Å². The SMILES string of the molecule is CC1=CC(N2CC(C)OC(C)C2)=C(C)CC1NC(=O)CCCCN[S+]([O-])C(C)(C)C. The fourth-order valence-electron chi connectivity index (χ4n) is 3.97. The highest BCUT2D eigenvalue weighted by Crippen LogP contribution is 2.28. The van der Waals surface area contributed by atoms with Crippen molar-refractivity contribution in [1.82, 2.24) is 14.9 Å². The highest BCUT2D eigenvalue weighted by Gasteiger charge is 2.28. The lowest BCUT2D eigenvalue weighted by molar-refractivity contribution is -0.121. The molecule has 1 aliphatic carbocycles. The van der Waals surface area contributed by atoms with E-state index in [1.807, 2.05) is 20.8 Å². The van der Waals surface area contributed by atoms with Crippen LogP contribution in [0.3, 0.4) is 0 Å². The molecule has 0 radical (unpaired) electrons. The summed E-state index contributed by atoms with van der Waals surface area (Å²) in [5, 5.41) is 3.20. The zero-order valence-electron chi connectivity index (χ0n) is 19.8. The monoisotopic (exact) mass is 439 g/mol. The molecule has 4 unspecified atom stereocenters. The van der Waals surface area contributed by atoms with Crippen LogP contribution in [0, 0.1) is 0 Å². The number of rotatable bonds is 8. The van der Waals surface area contributed by atoms with Crippen LogP contribution in [0.15, 0.2) is 22.9 Å². The summed E-state index contributed by atoms with van der Waals surface area (Å²) in [6, 6.07) is 0.0728. The summed E-state index contributed by atoms with van der Waals surface area (Å²) < 4.78 is 20.6. The minimum absolute atomic E-state index is 0.0728. The maximum Gasteiger partial charge on any atom is 0.220 e. The minimum atomic E-state index is -1.05. The average Bonchev–Trinajstić information content (AvgIpc) is 2.62. The van der Waals surface area contributed by atoms with Gasteiger partial charge in [-0.3, -0.25) is 4.79 Å². The molecule has 2 aliphatic rings. The van der Waals surface area contributed by atoms with Crippen LogP contribution in [0.5, 0.6) is 0 Å². The van der Waals surface area contributed by atoms with Gasteiger partial charge in [-0.25, -0.2) is 0 Å². The predicted molar refractivity (Wildman–Crippen MR) is 124 cm³/mol. The molecule has 6 nitrogen and oxygen atoms in total. The van der Waals surface area contributed by atoms with Crippen molar-refractivity contribution in [1.29, 1.82) is 0 Å². The van der Waals surface area contributed by atoms with Crippen LogP contribution in [-0.4, -0.2) is 58.0 Å². The van der Waals surface area contributed by atoms with E-state index in [-0.39, 0.29) is 28.9 Å². The van der Waals surface area contributed by atoms with E-state index in [4.69, 9.17) is 4.74 Å². The Balaban J connectivity index is 1.77. The number of hydrogen-bond acceptors (Lipinski definition) is 5. The van der Waals surface area contributed by atoms with Gasteiger partial charge < -0.3 is 19.5 Å². The third-order valence-electron chi connectivity index (χ3n) is 5.58. The van der Waals surface area contributed by atoms with Gasteiger partial charge in [0.1, 0.15) is 4.75 Å². The van der Waals surface area contributed by atoms with Crippen molar-refractivity contribution >= 4 is 17.3 Å². The molecule has 2 rings (SSSR count). The van der Waals surface area contributed by atoms with E-state index in [9.17, 15) is 9.35 Å². The molecular weight excluding hydrogens is 398 g/mol. The van der Waals surface area contributed by atoms with Crippen LogP contribution in [0.2, 0.25) is 0 Å². The zero-order chi connectivity index (χ0) is 22.5. The molecule has 30 heavy (non-hydrogen) atoms. The van der Waals surface area contributed by atoms with E-state index in [2.05, 4.69) is 48.7 Å². The molecule has 1 saturated heterocycles. The molecule has 0 saturated carbocycles. The van der Waals surface area contributed by atoms with Gasteiger partial charge in [-0.15, -0.1) is 4.72 Å². The predicted octanol–water partition coefficient (Wildman–Crippen LogP) is 3.43. The zero-order valence-corrected chi connectivity index (χ0v) is 20.7. The number of amides is 1. The van der Waals surface area contributed by atoms with Crippen LogP contribution < -0.4 is 10.0 Å². The van der Waals surface area contributed by atoms with Crippen LogP contribution in [-0.2, 0) is 20.9 Å². The van der Waals surface area contributed by atoms with Gasteiger partial charge in [0.2, 0.25) is 5.91 Å². The second-order valence-corrected chi connectivity index (χ2v) is 11.8. The second kappa shape index (κ2) is 11.0. The number of unbranched alkanes of at least 4 members (excludes halogenated alkanes) is 1. The fraction of sp³-hybridized carbons (Fsp3) is 0.783. The summed E-state index contributed by atoms with van der Waals surface area (Å²) in [7, 11) is 0. The number of carbonyl (C=O) groups is 1. The Morgan fingerprint density at radius 1 is 1.23 bits per heavy atom. The van der Waals surface area contributed by atoms with Gasteiger partial charge >= 0.3 is 0 Å². The maximum absolute atomic E-state index is 12.4. The molecule has 7 heteroatoms. The van der Waals surface area contributed by atoms with Crippen molar-refractivity contribution in [2.24, 2.45) is 0 Å². The van der Waals surface area contributed by atoms with Crippen molar-refractivity contribution in [3.63, 3.8) is 0 Å². The number of carbonyl (C=O) groups excluding carboxylic acids is 1. The van der Waals surface area contributed by atoms with Crippen molar-refractivity contribution in [2.45, 2.75) is 97.1 Å². The maximum atomic E-state index is 12.4. The molecule has 4 atom stereocenters. The summed E-state index contributed by atoms with van der Waals surface area (Å²) in [6.45, 7) is 16.9. The van der Waals surface area contributed by atoms with E-state index >= 15 is 0 Å². The molecule has 0 aromatic rings. The lowest BCUT2D eigenvalue weighted by Gasteiger charge is -2.40. The van der Waals surface area contributed by atoms with Crippen molar-refractivity contribution in [3.05, 3.63) is 22.9 Å². The van der Waals surface area contributed by atoms with E-state index in [0.717, 1.165) is 32.4 Å². The number of hydrogen-bond donors (Lipinski definition) is 2. The molecule has 1 heterocycles. The first-order valence-electron chi connectivity index (χ1n) is 11.2. The molecule has 0 aromatic carbocycles. The van der Waals surface area contributed by atoms with E-state index in [0.29, 0.717) is 13.0 Å². The Morgan fingerprint density at radius 2 is 1.87 bits per heavy atom. The summed E-state index contributed by atoms with van der Waals surface area (Å²) >= 11 is -1.05. The summed E-state index contributed by atoms with van der Waals surface area (Å²) in [5.74, 6) is 0.0922. The first-order chi connectivity index (χ1) is 14.0. The van der Waals surface area contributed by atoms with Gasteiger partial charge in [0.15, 0.2) is 0 Å². The number of morpholine rings is 1. The smallest absolute Gasteiger partial charge is 0.220 e. The molecule has 2 N–H and O–H groups in total. The number of nitrogens with one attached hydrogen (secondary N) is 2. The molecular formula is C23H41N3O3S. The lowest BCUT2D eigenvalue weighted by Crippen LogP contribution is -2.46. The summed E-state index contributed by atoms with van der Waals surface area (Å²) in [5.41, 5.74) is 3.82. The van der Waals surface area contributed by atoms with Gasteiger partial charge in [0, 0.05) is 43.1 Å². The van der Waals surface area contributed by atoms with Gasteiger partial charge in [-0.05, 0) is 85.0 Å². The van der Waals surface area contributed by atoms with Crippen molar-refractivity contribution in [2.75, 3.05) is 19.6 Å². The molecule has 172 valence electrons. The van der Waals surface area contributed by atoms with Crippen LogP contribution in [0.1, 0.15) is 74.1 Å². The lowest BCUT2D eigenvalue weighted by atomic mass is 9.91. The van der Waals surface area contributed by atoms with Crippen LogP contribution >= 0.6 is 0 Å². The molecule has 1 aliphatic heterocycles. The Morgan fingerprint density at radius 3 is 2.47 bits per heavy atom. The minimum Gasteiger partial charge on any atom is -0.598 e. The average molecular weight is 440 g/mol. The summed E-state index contributed by atoms with van der Waals surface area (Å²) in [6.07, 6.45) is 5.69.